The Labute approximate surface area is 124 Å². The van der Waals surface area contributed by atoms with Crippen LogP contribution in [0.1, 0.15) is 38.2 Å². The Morgan fingerprint density at radius 3 is 2.67 bits per heavy atom. The molecule has 4 heteroatoms. The number of hydrogen-bond donors (Lipinski definition) is 0. The van der Waals surface area contributed by atoms with Crippen LogP contribution in [0.5, 0.6) is 0 Å². The first-order valence-electron chi connectivity index (χ1n) is 7.76. The summed E-state index contributed by atoms with van der Waals surface area (Å²) in [6.07, 6.45) is 4.03. The molecule has 0 aromatic heterocycles. The fraction of sp³-hybridized carbons (Fsp3) is 0.529. The minimum absolute atomic E-state index is 0.00861. The highest BCUT2D eigenvalue weighted by Crippen LogP contribution is 2.56. The second-order valence-electron chi connectivity index (χ2n) is 6.65. The molecule has 0 aliphatic carbocycles. The van der Waals surface area contributed by atoms with Crippen LogP contribution >= 0.6 is 0 Å². The first-order chi connectivity index (χ1) is 10.1. The third kappa shape index (κ3) is 1.45. The normalized spacial score (nSPS) is 34.2. The summed E-state index contributed by atoms with van der Waals surface area (Å²) in [5, 5.41) is 0. The van der Waals surface area contributed by atoms with Crippen LogP contribution in [0.3, 0.4) is 0 Å². The van der Waals surface area contributed by atoms with Crippen LogP contribution in [0.2, 0.25) is 0 Å². The molecule has 0 saturated carbocycles. The second kappa shape index (κ2) is 4.09. The molecule has 2 bridgehead atoms. The van der Waals surface area contributed by atoms with E-state index in [0.29, 0.717) is 6.54 Å². The van der Waals surface area contributed by atoms with Gasteiger partial charge in [0.2, 0.25) is 5.91 Å². The van der Waals surface area contributed by atoms with Crippen LogP contribution in [0, 0.1) is 0 Å². The molecule has 0 N–H and O–H groups in total. The van der Waals surface area contributed by atoms with Crippen molar-refractivity contribution in [1.29, 1.82) is 0 Å². The molecule has 4 rings (SSSR count). The van der Waals surface area contributed by atoms with Crippen molar-refractivity contribution in [3.63, 3.8) is 0 Å². The van der Waals surface area contributed by atoms with Gasteiger partial charge in [-0.25, -0.2) is 0 Å². The maximum Gasteiger partial charge on any atom is 0.253 e. The molecule has 3 saturated heterocycles. The lowest BCUT2D eigenvalue weighted by Gasteiger charge is -2.47. The van der Waals surface area contributed by atoms with Crippen molar-refractivity contribution in [2.45, 2.75) is 43.7 Å². The second-order valence-corrected chi connectivity index (χ2v) is 6.65. The number of carbonyl (C=O) groups excluding carboxylic acids is 2. The Kier molecular flexibility index (Phi) is 2.51. The van der Waals surface area contributed by atoms with Crippen LogP contribution < -0.4 is 0 Å². The van der Waals surface area contributed by atoms with Gasteiger partial charge in [0.25, 0.3) is 5.91 Å². The monoisotopic (exact) mass is 284 g/mol. The number of rotatable bonds is 1. The minimum Gasteiger partial charge on any atom is -0.333 e. The van der Waals surface area contributed by atoms with Gasteiger partial charge in [-0.15, -0.1) is 0 Å². The van der Waals surface area contributed by atoms with Gasteiger partial charge in [0.15, 0.2) is 0 Å². The molecule has 2 atom stereocenters. The highest BCUT2D eigenvalue weighted by Gasteiger charge is 2.69. The number of amides is 2. The number of carbonyl (C=O) groups is 2. The SMILES string of the molecule is CC(=O)N1CC23CCCCN2C(=O)C1(c1ccccc1)C3. The van der Waals surface area contributed by atoms with E-state index < -0.39 is 5.54 Å². The van der Waals surface area contributed by atoms with Gasteiger partial charge in [-0.2, -0.15) is 0 Å². The van der Waals surface area contributed by atoms with Crippen LogP contribution in [-0.4, -0.2) is 40.2 Å². The first-order valence-corrected chi connectivity index (χ1v) is 7.76. The third-order valence-corrected chi connectivity index (χ3v) is 5.57. The van der Waals surface area contributed by atoms with Gasteiger partial charge in [-0.1, -0.05) is 30.3 Å². The Bertz CT molecular complexity index is 614. The molecule has 3 fully saturated rings. The summed E-state index contributed by atoms with van der Waals surface area (Å²) in [5.41, 5.74) is 0.102. The van der Waals surface area contributed by atoms with Crippen LogP contribution in [0.4, 0.5) is 0 Å². The highest BCUT2D eigenvalue weighted by molar-refractivity contribution is 5.97. The van der Waals surface area contributed by atoms with Crippen LogP contribution in [-0.2, 0) is 15.1 Å². The third-order valence-electron chi connectivity index (χ3n) is 5.57. The Morgan fingerprint density at radius 1 is 1.19 bits per heavy atom. The number of piperidine rings is 1. The van der Waals surface area contributed by atoms with Crippen molar-refractivity contribution >= 4 is 11.8 Å². The molecule has 2 amide bonds. The lowest BCUT2D eigenvalue weighted by atomic mass is 9.84. The molecule has 3 aliphatic rings. The zero-order valence-corrected chi connectivity index (χ0v) is 12.3. The van der Waals surface area contributed by atoms with Crippen LogP contribution in [0.25, 0.3) is 0 Å². The number of benzene rings is 1. The molecule has 0 radical (unpaired) electrons. The average molecular weight is 284 g/mol. The Morgan fingerprint density at radius 2 is 1.95 bits per heavy atom. The molecule has 110 valence electrons. The molecule has 21 heavy (non-hydrogen) atoms. The van der Waals surface area contributed by atoms with Crippen molar-refractivity contribution in [3.05, 3.63) is 35.9 Å². The molecule has 3 heterocycles. The molecular formula is C17H20N2O2. The maximum absolute atomic E-state index is 13.2. The van der Waals surface area contributed by atoms with E-state index >= 15 is 0 Å². The van der Waals surface area contributed by atoms with Gasteiger partial charge in [0.1, 0.15) is 5.54 Å². The molecule has 1 aromatic rings. The smallest absolute Gasteiger partial charge is 0.253 e. The number of nitrogens with zero attached hydrogens (tertiary/aromatic N) is 2. The fourth-order valence-electron chi connectivity index (χ4n) is 4.71. The van der Waals surface area contributed by atoms with E-state index in [2.05, 4.69) is 4.90 Å². The lowest BCUT2D eigenvalue weighted by molar-refractivity contribution is -0.157. The van der Waals surface area contributed by atoms with Gasteiger partial charge in [0.05, 0.1) is 5.54 Å². The van der Waals surface area contributed by atoms with Gasteiger partial charge < -0.3 is 9.80 Å². The summed E-state index contributed by atoms with van der Waals surface area (Å²) in [7, 11) is 0. The molecule has 1 spiro atoms. The summed E-state index contributed by atoms with van der Waals surface area (Å²) in [4.78, 5) is 29.2. The van der Waals surface area contributed by atoms with E-state index in [4.69, 9.17) is 0 Å². The van der Waals surface area contributed by atoms with E-state index in [1.807, 2.05) is 35.2 Å². The largest absolute Gasteiger partial charge is 0.333 e. The first kappa shape index (κ1) is 12.9. The van der Waals surface area contributed by atoms with Crippen molar-refractivity contribution in [2.75, 3.05) is 13.1 Å². The fourth-order valence-corrected chi connectivity index (χ4v) is 4.71. The maximum atomic E-state index is 13.2. The number of hydrogen-bond acceptors (Lipinski definition) is 2. The molecule has 4 nitrogen and oxygen atoms in total. The summed E-state index contributed by atoms with van der Waals surface area (Å²) < 4.78 is 0. The molecule has 1 aromatic carbocycles. The Balaban J connectivity index is 1.89. The quantitative estimate of drug-likeness (QED) is 0.790. The average Bonchev–Trinajstić information content (AvgIpc) is 2.97. The topological polar surface area (TPSA) is 40.6 Å². The summed E-state index contributed by atoms with van der Waals surface area (Å²) >= 11 is 0. The van der Waals surface area contributed by atoms with Gasteiger partial charge in [-0.3, -0.25) is 9.59 Å². The van der Waals surface area contributed by atoms with E-state index in [1.54, 1.807) is 6.92 Å². The molecular weight excluding hydrogens is 264 g/mol. The van der Waals surface area contributed by atoms with Crippen molar-refractivity contribution < 1.29 is 9.59 Å². The van der Waals surface area contributed by atoms with Crippen molar-refractivity contribution in [2.24, 2.45) is 0 Å². The number of likely N-dealkylation sites (tertiary alicyclic amines) is 1. The number of fused-ring (bicyclic) bond motifs is 1. The zero-order chi connectivity index (χ0) is 14.7. The van der Waals surface area contributed by atoms with Gasteiger partial charge >= 0.3 is 0 Å². The summed E-state index contributed by atoms with van der Waals surface area (Å²) in [6, 6.07) is 9.85. The number of piperazine rings is 1. The van der Waals surface area contributed by atoms with E-state index in [1.165, 1.54) is 0 Å². The van der Waals surface area contributed by atoms with Gasteiger partial charge in [-0.05, 0) is 24.8 Å². The summed E-state index contributed by atoms with van der Waals surface area (Å²) in [5.74, 6) is 0.143. The predicted octanol–water partition coefficient (Wildman–Crippen LogP) is 1.90. The van der Waals surface area contributed by atoms with E-state index in [-0.39, 0.29) is 17.4 Å². The van der Waals surface area contributed by atoms with Crippen LogP contribution in [0.15, 0.2) is 30.3 Å². The van der Waals surface area contributed by atoms with Crippen molar-refractivity contribution in [1.82, 2.24) is 9.80 Å². The Hall–Kier alpha value is -1.84. The minimum atomic E-state index is -0.753. The lowest BCUT2D eigenvalue weighted by Crippen LogP contribution is -2.62. The standard InChI is InChI=1S/C17H20N2O2/c1-13(20)19-12-16-9-5-6-10-18(16)15(21)17(19,11-16)14-7-3-2-4-8-14/h2-4,7-8H,5-6,9-12H2,1H3. The molecule has 3 aliphatic heterocycles. The van der Waals surface area contributed by atoms with Gasteiger partial charge in [0, 0.05) is 26.4 Å². The highest BCUT2D eigenvalue weighted by atomic mass is 16.2. The zero-order valence-electron chi connectivity index (χ0n) is 12.3. The van der Waals surface area contributed by atoms with Crippen molar-refractivity contribution in [3.8, 4) is 0 Å². The van der Waals surface area contributed by atoms with E-state index in [0.717, 1.165) is 37.8 Å². The summed E-state index contributed by atoms with van der Waals surface area (Å²) in [6.45, 7) is 3.13. The van der Waals surface area contributed by atoms with E-state index in [9.17, 15) is 9.59 Å². The molecule has 2 unspecified atom stereocenters. The predicted molar refractivity (Wildman–Crippen MR) is 78.4 cm³/mol.